The number of rotatable bonds is 7. The Labute approximate surface area is 106 Å². The smallest absolute Gasteiger partial charge is 0.0108 e. The highest BCUT2D eigenvalue weighted by molar-refractivity contribution is 5.23. The highest BCUT2D eigenvalue weighted by Crippen LogP contribution is 2.10. The molecular weight excluding hydrogens is 206 g/mol. The minimum atomic E-state index is 0.551. The highest BCUT2D eigenvalue weighted by atomic mass is 14.9. The Morgan fingerprint density at radius 2 is 2.24 bits per heavy atom. The van der Waals surface area contributed by atoms with Gasteiger partial charge in [0.25, 0.3) is 0 Å². The van der Waals surface area contributed by atoms with Gasteiger partial charge in [0.05, 0.1) is 0 Å². The van der Waals surface area contributed by atoms with Crippen LogP contribution in [-0.2, 0) is 6.42 Å². The molecule has 1 nitrogen and oxygen atoms in total. The average Bonchev–Trinajstić information content (AvgIpc) is 2.29. The fourth-order valence-electron chi connectivity index (χ4n) is 2.14. The summed E-state index contributed by atoms with van der Waals surface area (Å²) in [7, 11) is 0. The van der Waals surface area contributed by atoms with Crippen molar-refractivity contribution < 1.29 is 0 Å². The van der Waals surface area contributed by atoms with Crippen molar-refractivity contribution in [3.8, 4) is 12.3 Å². The van der Waals surface area contributed by atoms with E-state index in [-0.39, 0.29) is 0 Å². The van der Waals surface area contributed by atoms with Gasteiger partial charge in [-0.1, -0.05) is 36.8 Å². The molecule has 92 valence electrons. The Kier molecular flexibility index (Phi) is 6.43. The fraction of sp³-hybridized carbons (Fsp3) is 0.500. The maximum Gasteiger partial charge on any atom is 0.0108 e. The zero-order valence-corrected chi connectivity index (χ0v) is 11.0. The molecule has 0 saturated heterocycles. The molecule has 0 aliphatic carbocycles. The zero-order valence-electron chi connectivity index (χ0n) is 11.0. The van der Waals surface area contributed by atoms with Gasteiger partial charge in [0.2, 0.25) is 0 Å². The van der Waals surface area contributed by atoms with E-state index in [1.165, 1.54) is 11.1 Å². The van der Waals surface area contributed by atoms with Crippen molar-refractivity contribution in [2.45, 2.75) is 45.6 Å². The predicted octanol–water partition coefficient (Wildman–Crippen LogP) is 3.32. The van der Waals surface area contributed by atoms with Crippen molar-refractivity contribution in [2.75, 3.05) is 6.54 Å². The van der Waals surface area contributed by atoms with Crippen LogP contribution in [0.1, 0.15) is 37.3 Å². The molecular formula is C16H23N. The Hall–Kier alpha value is -1.26. The van der Waals surface area contributed by atoms with E-state index < -0.39 is 0 Å². The summed E-state index contributed by atoms with van der Waals surface area (Å²) >= 11 is 0. The van der Waals surface area contributed by atoms with E-state index in [0.717, 1.165) is 32.2 Å². The average molecular weight is 229 g/mol. The predicted molar refractivity (Wildman–Crippen MR) is 75.0 cm³/mol. The summed E-state index contributed by atoms with van der Waals surface area (Å²) in [5, 5.41) is 3.54. The summed E-state index contributed by atoms with van der Waals surface area (Å²) in [6.07, 6.45) is 9.54. The normalized spacial score (nSPS) is 12.1. The molecule has 1 rings (SSSR count). The number of likely N-dealkylation sites (N-methyl/N-ethyl adjacent to an activating group) is 1. The van der Waals surface area contributed by atoms with Crippen LogP contribution in [0.3, 0.4) is 0 Å². The summed E-state index contributed by atoms with van der Waals surface area (Å²) in [6, 6.07) is 9.30. The lowest BCUT2D eigenvalue weighted by atomic mass is 10.00. The summed E-state index contributed by atoms with van der Waals surface area (Å²) in [5.74, 6) is 2.71. The SMILES string of the molecule is C#CCCCC(Cc1cccc(C)c1)NCC. The van der Waals surface area contributed by atoms with Crippen molar-refractivity contribution in [2.24, 2.45) is 0 Å². The second-order valence-corrected chi connectivity index (χ2v) is 4.54. The summed E-state index contributed by atoms with van der Waals surface area (Å²) < 4.78 is 0. The minimum Gasteiger partial charge on any atom is -0.314 e. The fourth-order valence-corrected chi connectivity index (χ4v) is 2.14. The molecule has 0 radical (unpaired) electrons. The van der Waals surface area contributed by atoms with Gasteiger partial charge in [-0.15, -0.1) is 12.3 Å². The van der Waals surface area contributed by atoms with Crippen molar-refractivity contribution in [1.82, 2.24) is 5.32 Å². The standard InChI is InChI=1S/C16H23N/c1-4-6-7-11-16(17-5-2)13-15-10-8-9-14(3)12-15/h1,8-10,12,16-17H,5-7,11,13H2,2-3H3. The van der Waals surface area contributed by atoms with Gasteiger partial charge in [0, 0.05) is 12.5 Å². The topological polar surface area (TPSA) is 12.0 Å². The molecule has 0 fully saturated rings. The molecule has 0 heterocycles. The van der Waals surface area contributed by atoms with Gasteiger partial charge in [-0.3, -0.25) is 0 Å². The third kappa shape index (κ3) is 5.56. The van der Waals surface area contributed by atoms with E-state index in [9.17, 15) is 0 Å². The number of hydrogen-bond acceptors (Lipinski definition) is 1. The van der Waals surface area contributed by atoms with Gasteiger partial charge in [-0.25, -0.2) is 0 Å². The highest BCUT2D eigenvalue weighted by Gasteiger charge is 2.07. The Morgan fingerprint density at radius 3 is 2.88 bits per heavy atom. The number of aryl methyl sites for hydroxylation is 1. The van der Waals surface area contributed by atoms with Crippen LogP contribution >= 0.6 is 0 Å². The van der Waals surface area contributed by atoms with E-state index >= 15 is 0 Å². The van der Waals surface area contributed by atoms with Gasteiger partial charge in [0.1, 0.15) is 0 Å². The third-order valence-electron chi connectivity index (χ3n) is 2.93. The molecule has 0 amide bonds. The van der Waals surface area contributed by atoms with Crippen molar-refractivity contribution in [3.05, 3.63) is 35.4 Å². The maximum absolute atomic E-state index is 5.29. The summed E-state index contributed by atoms with van der Waals surface area (Å²) in [5.41, 5.74) is 2.75. The van der Waals surface area contributed by atoms with E-state index in [0.29, 0.717) is 6.04 Å². The van der Waals surface area contributed by atoms with Crippen molar-refractivity contribution in [3.63, 3.8) is 0 Å². The molecule has 0 aromatic heterocycles. The lowest BCUT2D eigenvalue weighted by molar-refractivity contribution is 0.479. The number of benzene rings is 1. The van der Waals surface area contributed by atoms with E-state index in [1.807, 2.05) is 0 Å². The van der Waals surface area contributed by atoms with Gasteiger partial charge >= 0.3 is 0 Å². The van der Waals surface area contributed by atoms with E-state index in [4.69, 9.17) is 6.42 Å². The second kappa shape index (κ2) is 7.92. The minimum absolute atomic E-state index is 0.551. The molecule has 1 aromatic carbocycles. The molecule has 1 unspecified atom stereocenters. The van der Waals surface area contributed by atoms with Crippen LogP contribution in [0.4, 0.5) is 0 Å². The van der Waals surface area contributed by atoms with Gasteiger partial charge < -0.3 is 5.32 Å². The third-order valence-corrected chi connectivity index (χ3v) is 2.93. The molecule has 1 N–H and O–H groups in total. The molecule has 0 aliphatic rings. The molecule has 1 heteroatoms. The molecule has 0 spiro atoms. The van der Waals surface area contributed by atoms with E-state index in [2.05, 4.69) is 49.4 Å². The van der Waals surface area contributed by atoms with Crippen molar-refractivity contribution in [1.29, 1.82) is 0 Å². The molecule has 1 atom stereocenters. The second-order valence-electron chi connectivity index (χ2n) is 4.54. The summed E-state index contributed by atoms with van der Waals surface area (Å²) in [4.78, 5) is 0. The molecule has 17 heavy (non-hydrogen) atoms. The quantitative estimate of drug-likeness (QED) is 0.558. The lowest BCUT2D eigenvalue weighted by Crippen LogP contribution is -2.30. The van der Waals surface area contributed by atoms with Gasteiger partial charge in [0.15, 0.2) is 0 Å². The monoisotopic (exact) mass is 229 g/mol. The van der Waals surface area contributed by atoms with Crippen molar-refractivity contribution >= 4 is 0 Å². The largest absolute Gasteiger partial charge is 0.314 e. The zero-order chi connectivity index (χ0) is 12.5. The first-order valence-corrected chi connectivity index (χ1v) is 6.48. The first-order chi connectivity index (χ1) is 8.26. The molecule has 0 bridgehead atoms. The number of unbranched alkanes of at least 4 members (excludes halogenated alkanes) is 1. The Bertz CT molecular complexity index is 362. The van der Waals surface area contributed by atoms with Crippen LogP contribution in [0, 0.1) is 19.3 Å². The maximum atomic E-state index is 5.29. The number of hydrogen-bond donors (Lipinski definition) is 1. The van der Waals surface area contributed by atoms with E-state index in [1.54, 1.807) is 0 Å². The summed E-state index contributed by atoms with van der Waals surface area (Å²) in [6.45, 7) is 5.32. The lowest BCUT2D eigenvalue weighted by Gasteiger charge is -2.17. The number of nitrogens with one attached hydrogen (secondary N) is 1. The Morgan fingerprint density at radius 1 is 1.41 bits per heavy atom. The Balaban J connectivity index is 2.51. The van der Waals surface area contributed by atoms with Gasteiger partial charge in [-0.05, 0) is 38.3 Å². The van der Waals surface area contributed by atoms with Crippen LogP contribution in [0.15, 0.2) is 24.3 Å². The first kappa shape index (κ1) is 13.8. The van der Waals surface area contributed by atoms with Crippen LogP contribution < -0.4 is 5.32 Å². The molecule has 1 aromatic rings. The molecule has 0 aliphatic heterocycles. The molecule has 0 saturated carbocycles. The van der Waals surface area contributed by atoms with Crippen LogP contribution in [0.2, 0.25) is 0 Å². The van der Waals surface area contributed by atoms with Crippen LogP contribution in [0.5, 0.6) is 0 Å². The van der Waals surface area contributed by atoms with Crippen LogP contribution in [0.25, 0.3) is 0 Å². The van der Waals surface area contributed by atoms with Crippen LogP contribution in [-0.4, -0.2) is 12.6 Å². The first-order valence-electron chi connectivity index (χ1n) is 6.48. The number of terminal acetylenes is 1. The van der Waals surface area contributed by atoms with Gasteiger partial charge in [-0.2, -0.15) is 0 Å².